The minimum absolute atomic E-state index is 0.0949. The van der Waals surface area contributed by atoms with Gasteiger partial charge in [-0.1, -0.05) is 12.1 Å². The molecule has 6 heteroatoms. The number of aliphatic carboxylic acids is 1. The highest BCUT2D eigenvalue weighted by molar-refractivity contribution is 5.78. The summed E-state index contributed by atoms with van der Waals surface area (Å²) >= 11 is 0. The standard InChI is InChI=1S/C16H21NO5/c1-11-4-3-5-13(12(11)2)21-8-6-15(18)17-7-9-22-14(10-17)16(19)20/h3-5,14H,6-10H2,1-2H3,(H,19,20)/t14-/m0/s1. The molecule has 6 nitrogen and oxygen atoms in total. The molecule has 1 aliphatic heterocycles. The van der Waals surface area contributed by atoms with Gasteiger partial charge in [0.2, 0.25) is 5.91 Å². The second-order valence-electron chi connectivity index (χ2n) is 5.33. The molecule has 0 aromatic heterocycles. The zero-order chi connectivity index (χ0) is 16.1. The van der Waals surface area contributed by atoms with E-state index in [0.29, 0.717) is 6.54 Å². The lowest BCUT2D eigenvalue weighted by Crippen LogP contribution is -2.48. The van der Waals surface area contributed by atoms with Crippen LogP contribution in [0.5, 0.6) is 5.75 Å². The quantitative estimate of drug-likeness (QED) is 0.889. The fourth-order valence-corrected chi connectivity index (χ4v) is 2.31. The predicted octanol–water partition coefficient (Wildman–Crippen LogP) is 1.38. The summed E-state index contributed by atoms with van der Waals surface area (Å²) in [5.41, 5.74) is 2.20. The summed E-state index contributed by atoms with van der Waals surface area (Å²) < 4.78 is 10.8. The molecule has 1 atom stereocenters. The molecular formula is C16H21NO5. The number of amides is 1. The van der Waals surface area contributed by atoms with E-state index in [0.717, 1.165) is 16.9 Å². The SMILES string of the molecule is Cc1cccc(OCCC(=O)N2CCO[C@H](C(=O)O)C2)c1C. The van der Waals surface area contributed by atoms with Gasteiger partial charge in [0.15, 0.2) is 6.10 Å². The van der Waals surface area contributed by atoms with E-state index in [-0.39, 0.29) is 32.1 Å². The number of morpholine rings is 1. The van der Waals surface area contributed by atoms with Gasteiger partial charge in [0.25, 0.3) is 0 Å². The summed E-state index contributed by atoms with van der Waals surface area (Å²) in [5, 5.41) is 8.93. The van der Waals surface area contributed by atoms with Crippen molar-refractivity contribution < 1.29 is 24.2 Å². The second kappa shape index (κ2) is 7.26. The van der Waals surface area contributed by atoms with E-state index in [1.165, 1.54) is 4.90 Å². The molecule has 0 bridgehead atoms. The number of rotatable bonds is 5. The van der Waals surface area contributed by atoms with Gasteiger partial charge >= 0.3 is 5.97 Å². The van der Waals surface area contributed by atoms with Gasteiger partial charge in [-0.3, -0.25) is 4.79 Å². The lowest BCUT2D eigenvalue weighted by atomic mass is 10.1. The summed E-state index contributed by atoms with van der Waals surface area (Å²) in [5.74, 6) is -0.373. The molecule has 0 spiro atoms. The average molecular weight is 307 g/mol. The number of benzene rings is 1. The van der Waals surface area contributed by atoms with Gasteiger partial charge in [0.1, 0.15) is 5.75 Å². The Morgan fingerprint density at radius 2 is 2.18 bits per heavy atom. The van der Waals surface area contributed by atoms with Crippen LogP contribution in [0.3, 0.4) is 0 Å². The normalized spacial score (nSPS) is 18.1. The Bertz CT molecular complexity index is 557. The first-order valence-electron chi connectivity index (χ1n) is 7.30. The van der Waals surface area contributed by atoms with E-state index in [4.69, 9.17) is 14.6 Å². The van der Waals surface area contributed by atoms with Gasteiger partial charge in [-0.05, 0) is 31.0 Å². The average Bonchev–Trinajstić information content (AvgIpc) is 2.51. The van der Waals surface area contributed by atoms with Crippen molar-refractivity contribution in [3.05, 3.63) is 29.3 Å². The zero-order valence-corrected chi connectivity index (χ0v) is 12.9. The molecule has 0 unspecified atom stereocenters. The Hall–Kier alpha value is -2.08. The Balaban J connectivity index is 1.82. The number of aryl methyl sites for hydroxylation is 1. The molecule has 120 valence electrons. The minimum Gasteiger partial charge on any atom is -0.493 e. The first kappa shape index (κ1) is 16.3. The maximum absolute atomic E-state index is 12.1. The van der Waals surface area contributed by atoms with Crippen LogP contribution in [-0.2, 0) is 14.3 Å². The summed E-state index contributed by atoms with van der Waals surface area (Å²) in [6.07, 6.45) is -0.711. The van der Waals surface area contributed by atoms with Crippen LogP contribution in [0.2, 0.25) is 0 Å². The molecule has 2 rings (SSSR count). The number of hydrogen-bond donors (Lipinski definition) is 1. The van der Waals surface area contributed by atoms with E-state index in [9.17, 15) is 9.59 Å². The number of nitrogens with zero attached hydrogens (tertiary/aromatic N) is 1. The van der Waals surface area contributed by atoms with Gasteiger partial charge < -0.3 is 19.5 Å². The van der Waals surface area contributed by atoms with E-state index >= 15 is 0 Å². The molecule has 1 amide bonds. The summed E-state index contributed by atoms with van der Waals surface area (Å²) in [6, 6.07) is 5.80. The molecule has 22 heavy (non-hydrogen) atoms. The van der Waals surface area contributed by atoms with Gasteiger partial charge in [-0.2, -0.15) is 0 Å². The molecule has 1 heterocycles. The van der Waals surface area contributed by atoms with Gasteiger partial charge in [-0.25, -0.2) is 4.79 Å². The van der Waals surface area contributed by atoms with Crippen LogP contribution in [0.1, 0.15) is 17.5 Å². The fraction of sp³-hybridized carbons (Fsp3) is 0.500. The van der Waals surface area contributed by atoms with Gasteiger partial charge in [0.05, 0.1) is 26.2 Å². The van der Waals surface area contributed by atoms with Crippen LogP contribution < -0.4 is 4.74 Å². The van der Waals surface area contributed by atoms with Crippen molar-refractivity contribution in [3.8, 4) is 5.75 Å². The smallest absolute Gasteiger partial charge is 0.334 e. The van der Waals surface area contributed by atoms with E-state index < -0.39 is 12.1 Å². The van der Waals surface area contributed by atoms with E-state index in [2.05, 4.69) is 0 Å². The monoisotopic (exact) mass is 307 g/mol. The largest absolute Gasteiger partial charge is 0.493 e. The van der Waals surface area contributed by atoms with Crippen LogP contribution in [0.15, 0.2) is 18.2 Å². The van der Waals surface area contributed by atoms with Gasteiger partial charge in [0, 0.05) is 6.54 Å². The summed E-state index contributed by atoms with van der Waals surface area (Å²) in [4.78, 5) is 24.5. The third-order valence-electron chi connectivity index (χ3n) is 3.82. The number of carboxylic acid groups (broad SMARTS) is 1. The molecule has 1 saturated heterocycles. The van der Waals surface area contributed by atoms with Crippen molar-refractivity contribution in [1.29, 1.82) is 0 Å². The van der Waals surface area contributed by atoms with Crippen LogP contribution in [0.25, 0.3) is 0 Å². The summed E-state index contributed by atoms with van der Waals surface area (Å²) in [7, 11) is 0. The zero-order valence-electron chi connectivity index (χ0n) is 12.9. The fourth-order valence-electron chi connectivity index (χ4n) is 2.31. The number of carbonyl (C=O) groups is 2. The van der Waals surface area contributed by atoms with Crippen LogP contribution in [0.4, 0.5) is 0 Å². The van der Waals surface area contributed by atoms with Crippen molar-refractivity contribution >= 4 is 11.9 Å². The van der Waals surface area contributed by atoms with Crippen molar-refractivity contribution in [2.75, 3.05) is 26.3 Å². The predicted molar refractivity (Wildman–Crippen MR) is 80.0 cm³/mol. The minimum atomic E-state index is -1.04. The molecule has 1 aromatic carbocycles. The molecule has 1 aromatic rings. The Kier molecular flexibility index (Phi) is 5.38. The van der Waals surface area contributed by atoms with E-state index in [1.807, 2.05) is 32.0 Å². The molecule has 0 aliphatic carbocycles. The van der Waals surface area contributed by atoms with Gasteiger partial charge in [-0.15, -0.1) is 0 Å². The third-order valence-corrected chi connectivity index (χ3v) is 3.82. The highest BCUT2D eigenvalue weighted by Gasteiger charge is 2.28. The molecule has 1 fully saturated rings. The Labute approximate surface area is 129 Å². The lowest BCUT2D eigenvalue weighted by Gasteiger charge is -2.30. The van der Waals surface area contributed by atoms with Crippen molar-refractivity contribution in [2.24, 2.45) is 0 Å². The maximum atomic E-state index is 12.1. The second-order valence-corrected chi connectivity index (χ2v) is 5.33. The van der Waals surface area contributed by atoms with Crippen LogP contribution in [0, 0.1) is 13.8 Å². The molecule has 1 N–H and O–H groups in total. The molecular weight excluding hydrogens is 286 g/mol. The van der Waals surface area contributed by atoms with Crippen molar-refractivity contribution in [2.45, 2.75) is 26.4 Å². The first-order valence-corrected chi connectivity index (χ1v) is 7.30. The summed E-state index contributed by atoms with van der Waals surface area (Å²) in [6.45, 7) is 5.03. The first-order chi connectivity index (χ1) is 10.5. The van der Waals surface area contributed by atoms with Crippen molar-refractivity contribution in [1.82, 2.24) is 4.90 Å². The number of hydrogen-bond acceptors (Lipinski definition) is 4. The Morgan fingerprint density at radius 1 is 1.41 bits per heavy atom. The molecule has 0 radical (unpaired) electrons. The Morgan fingerprint density at radius 3 is 2.91 bits per heavy atom. The lowest BCUT2D eigenvalue weighted by molar-refractivity contribution is -0.159. The maximum Gasteiger partial charge on any atom is 0.334 e. The van der Waals surface area contributed by atoms with Crippen molar-refractivity contribution in [3.63, 3.8) is 0 Å². The third kappa shape index (κ3) is 3.98. The molecule has 1 aliphatic rings. The topological polar surface area (TPSA) is 76.1 Å². The highest BCUT2D eigenvalue weighted by atomic mass is 16.5. The highest BCUT2D eigenvalue weighted by Crippen LogP contribution is 2.20. The molecule has 0 saturated carbocycles. The van der Waals surface area contributed by atoms with Crippen LogP contribution in [-0.4, -0.2) is 54.3 Å². The number of ether oxygens (including phenoxy) is 2. The number of carbonyl (C=O) groups excluding carboxylic acids is 1. The van der Waals surface area contributed by atoms with Crippen LogP contribution >= 0.6 is 0 Å². The van der Waals surface area contributed by atoms with E-state index in [1.54, 1.807) is 0 Å². The number of carboxylic acids is 1.